The maximum Gasteiger partial charge on any atom is 0.239 e. The Hall–Kier alpha value is -2.86. The molecule has 112 valence electrons. The highest BCUT2D eigenvalue weighted by molar-refractivity contribution is 5.93. The number of ether oxygens (including phenoxy) is 1. The number of nitrogens with zero attached hydrogens (tertiary/aromatic N) is 3. The molecule has 0 aliphatic carbocycles. The van der Waals surface area contributed by atoms with Gasteiger partial charge in [-0.05, 0) is 24.3 Å². The first-order valence-corrected chi connectivity index (χ1v) is 6.84. The fraction of sp³-hybridized carbons (Fsp3) is 0.125. The molecule has 0 aliphatic rings. The van der Waals surface area contributed by atoms with Gasteiger partial charge in [0.15, 0.2) is 0 Å². The fourth-order valence-corrected chi connectivity index (χ4v) is 2.31. The Bertz CT molecular complexity index is 786. The van der Waals surface area contributed by atoms with E-state index in [1.54, 1.807) is 7.11 Å². The molecule has 3 N–H and O–H groups in total. The standard InChI is InChI=1S/C16H17N5O/c1-21(11-6-4-3-5-7-11)15-13-9-8-12(22-2)10-14(13)18-16(19-15)20-17/h3-10H,17H2,1-2H3,(H,18,19,20). The molecule has 0 saturated carbocycles. The Kier molecular flexibility index (Phi) is 3.76. The maximum atomic E-state index is 5.49. The minimum Gasteiger partial charge on any atom is -0.497 e. The van der Waals surface area contributed by atoms with Crippen molar-refractivity contribution in [2.75, 3.05) is 24.5 Å². The molecule has 0 fully saturated rings. The van der Waals surface area contributed by atoms with E-state index in [-0.39, 0.29) is 0 Å². The topological polar surface area (TPSA) is 76.3 Å². The Balaban J connectivity index is 2.19. The maximum absolute atomic E-state index is 5.49. The van der Waals surface area contributed by atoms with Crippen LogP contribution in [0.3, 0.4) is 0 Å². The van der Waals surface area contributed by atoms with Gasteiger partial charge in [0.25, 0.3) is 0 Å². The van der Waals surface area contributed by atoms with Gasteiger partial charge in [0.1, 0.15) is 11.6 Å². The number of rotatable bonds is 4. The van der Waals surface area contributed by atoms with Crippen LogP contribution < -0.4 is 20.9 Å². The van der Waals surface area contributed by atoms with E-state index in [4.69, 9.17) is 10.6 Å². The lowest BCUT2D eigenvalue weighted by Gasteiger charge is -2.20. The second-order valence-electron chi connectivity index (χ2n) is 4.79. The Labute approximate surface area is 128 Å². The summed E-state index contributed by atoms with van der Waals surface area (Å²) in [6.45, 7) is 0. The van der Waals surface area contributed by atoms with Crippen LogP contribution in [-0.4, -0.2) is 24.1 Å². The number of benzene rings is 2. The van der Waals surface area contributed by atoms with E-state index in [9.17, 15) is 0 Å². The molecular weight excluding hydrogens is 278 g/mol. The molecule has 1 heterocycles. The number of hydrogen-bond donors (Lipinski definition) is 2. The molecule has 1 aromatic heterocycles. The Morgan fingerprint density at radius 1 is 1.09 bits per heavy atom. The molecule has 0 saturated heterocycles. The molecule has 3 aromatic rings. The molecule has 0 unspecified atom stereocenters. The number of para-hydroxylation sites is 1. The zero-order valence-corrected chi connectivity index (χ0v) is 12.4. The predicted octanol–water partition coefficient (Wildman–Crippen LogP) is 2.69. The molecule has 0 bridgehead atoms. The number of aromatic nitrogens is 2. The molecule has 3 rings (SSSR count). The zero-order chi connectivity index (χ0) is 15.5. The largest absolute Gasteiger partial charge is 0.497 e. The third-order valence-electron chi connectivity index (χ3n) is 3.47. The molecule has 0 amide bonds. The average Bonchev–Trinajstić information content (AvgIpc) is 2.60. The van der Waals surface area contributed by atoms with E-state index < -0.39 is 0 Å². The van der Waals surface area contributed by atoms with E-state index in [0.717, 1.165) is 28.2 Å². The summed E-state index contributed by atoms with van der Waals surface area (Å²) in [7, 11) is 3.59. The number of nitrogens with one attached hydrogen (secondary N) is 1. The predicted molar refractivity (Wildman–Crippen MR) is 88.4 cm³/mol. The molecule has 0 radical (unpaired) electrons. The van der Waals surface area contributed by atoms with E-state index >= 15 is 0 Å². The third-order valence-corrected chi connectivity index (χ3v) is 3.47. The summed E-state index contributed by atoms with van der Waals surface area (Å²) in [6.07, 6.45) is 0. The van der Waals surface area contributed by atoms with Crippen molar-refractivity contribution in [3.63, 3.8) is 0 Å². The van der Waals surface area contributed by atoms with Crippen LogP contribution in [0.4, 0.5) is 17.5 Å². The van der Waals surface area contributed by atoms with Gasteiger partial charge in [-0.3, -0.25) is 5.43 Å². The molecule has 22 heavy (non-hydrogen) atoms. The smallest absolute Gasteiger partial charge is 0.239 e. The van der Waals surface area contributed by atoms with Crippen LogP contribution in [0.2, 0.25) is 0 Å². The van der Waals surface area contributed by atoms with Crippen molar-refractivity contribution in [3.05, 3.63) is 48.5 Å². The van der Waals surface area contributed by atoms with Crippen LogP contribution in [0.1, 0.15) is 0 Å². The SMILES string of the molecule is COc1ccc2c(N(C)c3ccccc3)nc(NN)nc2c1. The van der Waals surface area contributed by atoms with Gasteiger partial charge in [0, 0.05) is 24.2 Å². The summed E-state index contributed by atoms with van der Waals surface area (Å²) in [4.78, 5) is 10.9. The van der Waals surface area contributed by atoms with Gasteiger partial charge in [0.2, 0.25) is 5.95 Å². The first kappa shape index (κ1) is 14.1. The molecule has 6 heteroatoms. The van der Waals surface area contributed by atoms with E-state index in [1.165, 1.54) is 0 Å². The number of nitrogens with two attached hydrogens (primary N) is 1. The van der Waals surface area contributed by atoms with E-state index in [1.807, 2.05) is 60.5 Å². The molecule has 0 aliphatic heterocycles. The first-order chi connectivity index (χ1) is 10.7. The number of hydrazine groups is 1. The lowest BCUT2D eigenvalue weighted by atomic mass is 10.2. The number of hydrogen-bond acceptors (Lipinski definition) is 6. The Morgan fingerprint density at radius 3 is 2.55 bits per heavy atom. The molecule has 0 spiro atoms. The summed E-state index contributed by atoms with van der Waals surface area (Å²) < 4.78 is 5.26. The third kappa shape index (κ3) is 2.51. The molecule has 6 nitrogen and oxygen atoms in total. The minimum atomic E-state index is 0.360. The van der Waals surface area contributed by atoms with Crippen LogP contribution in [0.25, 0.3) is 10.9 Å². The van der Waals surface area contributed by atoms with Gasteiger partial charge in [0.05, 0.1) is 12.6 Å². The summed E-state index contributed by atoms with van der Waals surface area (Å²) in [5, 5.41) is 0.922. The second-order valence-corrected chi connectivity index (χ2v) is 4.79. The van der Waals surface area contributed by atoms with Crippen molar-refractivity contribution in [1.29, 1.82) is 0 Å². The van der Waals surface area contributed by atoms with Crippen LogP contribution in [0.15, 0.2) is 48.5 Å². The summed E-state index contributed by atoms with van der Waals surface area (Å²) in [5.74, 6) is 7.36. The molecule has 2 aromatic carbocycles. The van der Waals surface area contributed by atoms with E-state index in [2.05, 4.69) is 15.4 Å². The highest BCUT2D eigenvalue weighted by Gasteiger charge is 2.13. The summed E-state index contributed by atoms with van der Waals surface area (Å²) in [6, 6.07) is 15.7. The van der Waals surface area contributed by atoms with Crippen molar-refractivity contribution in [2.45, 2.75) is 0 Å². The highest BCUT2D eigenvalue weighted by atomic mass is 16.5. The van der Waals surface area contributed by atoms with Gasteiger partial charge in [-0.2, -0.15) is 4.98 Å². The van der Waals surface area contributed by atoms with Gasteiger partial charge in [-0.1, -0.05) is 18.2 Å². The number of methoxy groups -OCH3 is 1. The first-order valence-electron chi connectivity index (χ1n) is 6.84. The van der Waals surface area contributed by atoms with Crippen LogP contribution in [-0.2, 0) is 0 Å². The van der Waals surface area contributed by atoms with Gasteiger partial charge in [-0.25, -0.2) is 10.8 Å². The van der Waals surface area contributed by atoms with Gasteiger partial charge < -0.3 is 9.64 Å². The number of nitrogen functional groups attached to an aromatic ring is 1. The number of fused-ring (bicyclic) bond motifs is 1. The van der Waals surface area contributed by atoms with Gasteiger partial charge >= 0.3 is 0 Å². The van der Waals surface area contributed by atoms with Crippen molar-refractivity contribution in [1.82, 2.24) is 9.97 Å². The average molecular weight is 295 g/mol. The van der Waals surface area contributed by atoms with Crippen LogP contribution in [0.5, 0.6) is 5.75 Å². The zero-order valence-electron chi connectivity index (χ0n) is 12.4. The van der Waals surface area contributed by atoms with Crippen molar-refractivity contribution in [2.24, 2.45) is 5.84 Å². The summed E-state index contributed by atoms with van der Waals surface area (Å²) >= 11 is 0. The number of anilines is 3. The minimum absolute atomic E-state index is 0.360. The highest BCUT2D eigenvalue weighted by Crippen LogP contribution is 2.31. The molecular formula is C16H17N5O. The lowest BCUT2D eigenvalue weighted by molar-refractivity contribution is 0.415. The van der Waals surface area contributed by atoms with Crippen molar-refractivity contribution < 1.29 is 4.74 Å². The quantitative estimate of drug-likeness (QED) is 0.569. The fourth-order valence-electron chi connectivity index (χ4n) is 2.31. The Morgan fingerprint density at radius 2 is 1.86 bits per heavy atom. The monoisotopic (exact) mass is 295 g/mol. The lowest BCUT2D eigenvalue weighted by Crippen LogP contribution is -2.16. The van der Waals surface area contributed by atoms with Gasteiger partial charge in [-0.15, -0.1) is 0 Å². The van der Waals surface area contributed by atoms with Crippen LogP contribution in [0, 0.1) is 0 Å². The summed E-state index contributed by atoms with van der Waals surface area (Å²) in [5.41, 5.74) is 4.31. The van der Waals surface area contributed by atoms with Crippen molar-refractivity contribution in [3.8, 4) is 5.75 Å². The van der Waals surface area contributed by atoms with Crippen LogP contribution >= 0.6 is 0 Å². The van der Waals surface area contributed by atoms with E-state index in [0.29, 0.717) is 5.95 Å². The normalized spacial score (nSPS) is 10.5. The second kappa shape index (κ2) is 5.87. The van der Waals surface area contributed by atoms with Crippen molar-refractivity contribution >= 4 is 28.4 Å². The molecule has 0 atom stereocenters.